The molecule has 3 rings (SSSR count). The van der Waals surface area contributed by atoms with Gasteiger partial charge in [-0.1, -0.05) is 6.07 Å². The predicted molar refractivity (Wildman–Crippen MR) is 70.4 cm³/mol. The second-order valence-corrected chi connectivity index (χ2v) is 4.79. The Kier molecular flexibility index (Phi) is 2.39. The number of aromatic nitrogens is 2. The first-order valence-electron chi connectivity index (χ1n) is 6.10. The van der Waals surface area contributed by atoms with Crippen LogP contribution in [0, 0.1) is 6.92 Å². The molecule has 0 bridgehead atoms. The highest BCUT2D eigenvalue weighted by atomic mass is 15.1. The number of fused-ring (bicyclic) bond motifs is 1. The van der Waals surface area contributed by atoms with Gasteiger partial charge in [0, 0.05) is 19.3 Å². The highest BCUT2D eigenvalue weighted by Gasteiger charge is 2.14. The zero-order valence-electron chi connectivity index (χ0n) is 10.3. The molecule has 1 aliphatic heterocycles. The lowest BCUT2D eigenvalue weighted by atomic mass is 9.98. The van der Waals surface area contributed by atoms with Gasteiger partial charge >= 0.3 is 0 Å². The SMILES string of the molecule is Cc1cc(-c2ccc3c(c2)CCCN3C)[nH]n1. The minimum Gasteiger partial charge on any atom is -0.374 e. The van der Waals surface area contributed by atoms with E-state index in [0.29, 0.717) is 0 Å². The van der Waals surface area contributed by atoms with Gasteiger partial charge in [-0.3, -0.25) is 5.10 Å². The first-order chi connectivity index (χ1) is 8.24. The van der Waals surface area contributed by atoms with E-state index in [1.165, 1.54) is 29.7 Å². The van der Waals surface area contributed by atoms with Gasteiger partial charge in [-0.15, -0.1) is 0 Å². The van der Waals surface area contributed by atoms with E-state index in [-0.39, 0.29) is 0 Å². The maximum Gasteiger partial charge on any atom is 0.0653 e. The fourth-order valence-corrected chi connectivity index (χ4v) is 2.52. The van der Waals surface area contributed by atoms with Gasteiger partial charge in [-0.25, -0.2) is 0 Å². The van der Waals surface area contributed by atoms with E-state index in [0.717, 1.165) is 17.9 Å². The van der Waals surface area contributed by atoms with Gasteiger partial charge in [0.15, 0.2) is 0 Å². The lowest BCUT2D eigenvalue weighted by Gasteiger charge is -2.27. The molecular formula is C14H17N3. The third-order valence-electron chi connectivity index (χ3n) is 3.45. The Bertz CT molecular complexity index is 542. The van der Waals surface area contributed by atoms with Gasteiger partial charge in [0.05, 0.1) is 11.4 Å². The lowest BCUT2D eigenvalue weighted by Crippen LogP contribution is -2.24. The minimum atomic E-state index is 1.04. The van der Waals surface area contributed by atoms with Crippen LogP contribution in [0.4, 0.5) is 5.69 Å². The molecular weight excluding hydrogens is 210 g/mol. The number of anilines is 1. The molecule has 0 amide bonds. The van der Waals surface area contributed by atoms with E-state index in [4.69, 9.17) is 0 Å². The fourth-order valence-electron chi connectivity index (χ4n) is 2.52. The van der Waals surface area contributed by atoms with E-state index in [9.17, 15) is 0 Å². The third kappa shape index (κ3) is 1.82. The summed E-state index contributed by atoms with van der Waals surface area (Å²) in [4.78, 5) is 2.33. The van der Waals surface area contributed by atoms with Gasteiger partial charge in [0.2, 0.25) is 0 Å². The molecule has 0 saturated carbocycles. The average Bonchev–Trinajstić information content (AvgIpc) is 2.76. The third-order valence-corrected chi connectivity index (χ3v) is 3.45. The number of benzene rings is 1. The summed E-state index contributed by atoms with van der Waals surface area (Å²) in [5, 5.41) is 7.26. The molecule has 1 aliphatic rings. The first kappa shape index (κ1) is 10.4. The molecule has 0 atom stereocenters. The summed E-state index contributed by atoms with van der Waals surface area (Å²) in [6.45, 7) is 3.17. The molecule has 1 aromatic heterocycles. The molecule has 0 unspecified atom stereocenters. The Labute approximate surface area is 101 Å². The Morgan fingerprint density at radius 3 is 2.94 bits per heavy atom. The minimum absolute atomic E-state index is 1.04. The van der Waals surface area contributed by atoms with Crippen molar-refractivity contribution in [1.82, 2.24) is 10.2 Å². The van der Waals surface area contributed by atoms with E-state index in [1.807, 2.05) is 6.92 Å². The highest BCUT2D eigenvalue weighted by molar-refractivity contribution is 5.67. The van der Waals surface area contributed by atoms with Crippen molar-refractivity contribution in [2.24, 2.45) is 0 Å². The summed E-state index contributed by atoms with van der Waals surface area (Å²) >= 11 is 0. The lowest BCUT2D eigenvalue weighted by molar-refractivity contribution is 0.745. The van der Waals surface area contributed by atoms with Crippen LogP contribution >= 0.6 is 0 Å². The predicted octanol–water partition coefficient (Wildman–Crippen LogP) is 2.77. The molecule has 2 heterocycles. The molecule has 0 spiro atoms. The van der Waals surface area contributed by atoms with Crippen molar-refractivity contribution in [3.63, 3.8) is 0 Å². The molecule has 0 fully saturated rings. The number of rotatable bonds is 1. The van der Waals surface area contributed by atoms with Crippen LogP contribution in [0.5, 0.6) is 0 Å². The van der Waals surface area contributed by atoms with Gasteiger partial charge in [-0.05, 0) is 49.1 Å². The molecule has 3 heteroatoms. The van der Waals surface area contributed by atoms with E-state index < -0.39 is 0 Å². The van der Waals surface area contributed by atoms with Gasteiger partial charge in [-0.2, -0.15) is 5.10 Å². The summed E-state index contributed by atoms with van der Waals surface area (Å²) < 4.78 is 0. The topological polar surface area (TPSA) is 31.9 Å². The molecule has 17 heavy (non-hydrogen) atoms. The second kappa shape index (κ2) is 3.91. The van der Waals surface area contributed by atoms with Crippen molar-refractivity contribution in [3.8, 4) is 11.3 Å². The van der Waals surface area contributed by atoms with Crippen molar-refractivity contribution in [2.45, 2.75) is 19.8 Å². The van der Waals surface area contributed by atoms with Crippen molar-refractivity contribution in [1.29, 1.82) is 0 Å². The van der Waals surface area contributed by atoms with Crippen LogP contribution in [0.3, 0.4) is 0 Å². The smallest absolute Gasteiger partial charge is 0.0653 e. The van der Waals surface area contributed by atoms with Crippen LogP contribution in [0.25, 0.3) is 11.3 Å². The summed E-state index contributed by atoms with van der Waals surface area (Å²) in [7, 11) is 2.16. The number of aromatic amines is 1. The molecule has 2 aromatic rings. The van der Waals surface area contributed by atoms with Crippen molar-refractivity contribution >= 4 is 5.69 Å². The summed E-state index contributed by atoms with van der Waals surface area (Å²) in [5.41, 5.74) is 6.20. The van der Waals surface area contributed by atoms with Crippen LogP contribution in [0.15, 0.2) is 24.3 Å². The van der Waals surface area contributed by atoms with Crippen molar-refractivity contribution in [2.75, 3.05) is 18.5 Å². The highest BCUT2D eigenvalue weighted by Crippen LogP contribution is 2.30. The summed E-state index contributed by atoms with van der Waals surface area (Å²) in [6.07, 6.45) is 2.43. The van der Waals surface area contributed by atoms with Gasteiger partial charge in [0.1, 0.15) is 0 Å². The van der Waals surface area contributed by atoms with E-state index in [2.05, 4.69) is 46.4 Å². The van der Waals surface area contributed by atoms with Crippen LogP contribution in [-0.4, -0.2) is 23.8 Å². The molecule has 1 aromatic carbocycles. The first-order valence-corrected chi connectivity index (χ1v) is 6.10. The standard InChI is InChI=1S/C14H17N3/c1-10-8-13(16-15-10)11-5-6-14-12(9-11)4-3-7-17(14)2/h5-6,8-9H,3-4,7H2,1-2H3,(H,15,16). The summed E-state index contributed by atoms with van der Waals surface area (Å²) in [6, 6.07) is 8.78. The monoisotopic (exact) mass is 227 g/mol. The number of nitrogens with one attached hydrogen (secondary N) is 1. The Morgan fingerprint density at radius 2 is 2.18 bits per heavy atom. The summed E-state index contributed by atoms with van der Waals surface area (Å²) in [5.74, 6) is 0. The van der Waals surface area contributed by atoms with Gasteiger partial charge < -0.3 is 4.90 Å². The Morgan fingerprint density at radius 1 is 1.29 bits per heavy atom. The molecule has 88 valence electrons. The number of hydrogen-bond donors (Lipinski definition) is 1. The van der Waals surface area contributed by atoms with Crippen molar-refractivity contribution in [3.05, 3.63) is 35.5 Å². The largest absolute Gasteiger partial charge is 0.374 e. The maximum absolute atomic E-state index is 4.18. The quantitative estimate of drug-likeness (QED) is 0.812. The maximum atomic E-state index is 4.18. The van der Waals surface area contributed by atoms with Crippen LogP contribution in [0.1, 0.15) is 17.7 Å². The molecule has 3 nitrogen and oxygen atoms in total. The molecule has 1 N–H and O–H groups in total. The molecule has 0 saturated heterocycles. The Balaban J connectivity index is 2.03. The van der Waals surface area contributed by atoms with Gasteiger partial charge in [0.25, 0.3) is 0 Å². The number of hydrogen-bond acceptors (Lipinski definition) is 2. The zero-order valence-corrected chi connectivity index (χ0v) is 10.3. The Hall–Kier alpha value is -1.77. The second-order valence-electron chi connectivity index (χ2n) is 4.79. The number of aryl methyl sites for hydroxylation is 2. The molecule has 0 aliphatic carbocycles. The van der Waals surface area contributed by atoms with E-state index in [1.54, 1.807) is 0 Å². The number of H-pyrrole nitrogens is 1. The van der Waals surface area contributed by atoms with E-state index >= 15 is 0 Å². The number of nitrogens with zero attached hydrogens (tertiary/aromatic N) is 2. The average molecular weight is 227 g/mol. The fraction of sp³-hybridized carbons (Fsp3) is 0.357. The zero-order chi connectivity index (χ0) is 11.8. The van der Waals surface area contributed by atoms with Crippen LogP contribution in [0.2, 0.25) is 0 Å². The van der Waals surface area contributed by atoms with Crippen molar-refractivity contribution < 1.29 is 0 Å². The van der Waals surface area contributed by atoms with Crippen LogP contribution < -0.4 is 4.90 Å². The molecule has 0 radical (unpaired) electrons. The normalized spacial score (nSPS) is 14.8. The van der Waals surface area contributed by atoms with Crippen LogP contribution in [-0.2, 0) is 6.42 Å².